The third-order valence-corrected chi connectivity index (χ3v) is 2.73. The molecule has 2 aromatic rings. The quantitative estimate of drug-likeness (QED) is 0.798. The van der Waals surface area contributed by atoms with Gasteiger partial charge in [0.2, 0.25) is 0 Å². The van der Waals surface area contributed by atoms with Crippen LogP contribution in [0, 0.1) is 0 Å². The number of hydrogen-bond donors (Lipinski definition) is 0. The zero-order valence-electron chi connectivity index (χ0n) is 9.88. The summed E-state index contributed by atoms with van der Waals surface area (Å²) >= 11 is 5.70. The van der Waals surface area contributed by atoms with Crippen molar-refractivity contribution in [2.45, 2.75) is 6.92 Å². The Morgan fingerprint density at radius 2 is 2.00 bits per heavy atom. The number of amides is 1. The number of aromatic nitrogens is 2. The van der Waals surface area contributed by atoms with Crippen LogP contribution in [0.15, 0.2) is 42.9 Å². The van der Waals surface area contributed by atoms with E-state index in [2.05, 4.69) is 9.97 Å². The number of carbonyl (C=O) groups is 1. The first-order chi connectivity index (χ1) is 8.72. The van der Waals surface area contributed by atoms with Gasteiger partial charge in [0.05, 0.1) is 5.56 Å². The number of anilines is 1. The molecule has 0 fully saturated rings. The molecule has 0 bridgehead atoms. The van der Waals surface area contributed by atoms with E-state index in [4.69, 9.17) is 11.6 Å². The number of carbonyl (C=O) groups excluding carboxylic acids is 1. The van der Waals surface area contributed by atoms with Crippen LogP contribution in [0.3, 0.4) is 0 Å². The molecule has 0 saturated heterocycles. The van der Waals surface area contributed by atoms with E-state index in [1.807, 2.05) is 6.92 Å². The SMILES string of the molecule is CCN(C(=O)c1ccc(Cl)nc1)c1ccncc1. The van der Waals surface area contributed by atoms with Crippen LogP contribution in [0.4, 0.5) is 5.69 Å². The highest BCUT2D eigenvalue weighted by atomic mass is 35.5. The maximum absolute atomic E-state index is 12.3. The maximum Gasteiger partial charge on any atom is 0.259 e. The minimum atomic E-state index is -0.104. The number of pyridine rings is 2. The van der Waals surface area contributed by atoms with Crippen LogP contribution in [0.25, 0.3) is 0 Å². The van der Waals surface area contributed by atoms with Crippen LogP contribution in [0.2, 0.25) is 5.15 Å². The normalized spacial score (nSPS) is 10.1. The molecule has 5 heteroatoms. The van der Waals surface area contributed by atoms with Gasteiger partial charge in [-0.25, -0.2) is 4.98 Å². The first-order valence-corrected chi connectivity index (χ1v) is 5.93. The van der Waals surface area contributed by atoms with Crippen molar-refractivity contribution in [2.75, 3.05) is 11.4 Å². The third kappa shape index (κ3) is 2.65. The molecule has 0 unspecified atom stereocenters. The Kier molecular flexibility index (Phi) is 3.89. The fourth-order valence-electron chi connectivity index (χ4n) is 1.63. The Hall–Kier alpha value is -1.94. The Bertz CT molecular complexity index is 528. The van der Waals surface area contributed by atoms with Crippen molar-refractivity contribution in [3.8, 4) is 0 Å². The number of hydrogen-bond acceptors (Lipinski definition) is 3. The molecule has 0 aliphatic heterocycles. The topological polar surface area (TPSA) is 46.1 Å². The van der Waals surface area contributed by atoms with E-state index in [-0.39, 0.29) is 5.91 Å². The molecule has 0 aromatic carbocycles. The third-order valence-electron chi connectivity index (χ3n) is 2.51. The summed E-state index contributed by atoms with van der Waals surface area (Å²) in [5.74, 6) is -0.104. The van der Waals surface area contributed by atoms with Gasteiger partial charge in [0.1, 0.15) is 5.15 Å². The highest BCUT2D eigenvalue weighted by molar-refractivity contribution is 6.29. The molecule has 0 aliphatic rings. The van der Waals surface area contributed by atoms with E-state index in [9.17, 15) is 4.79 Å². The predicted molar refractivity (Wildman–Crippen MR) is 70.8 cm³/mol. The first kappa shape index (κ1) is 12.5. The van der Waals surface area contributed by atoms with Gasteiger partial charge in [-0.2, -0.15) is 0 Å². The highest BCUT2D eigenvalue weighted by Gasteiger charge is 2.15. The summed E-state index contributed by atoms with van der Waals surface area (Å²) in [5.41, 5.74) is 1.32. The summed E-state index contributed by atoms with van der Waals surface area (Å²) in [7, 11) is 0. The van der Waals surface area contributed by atoms with Crippen molar-refractivity contribution in [3.05, 3.63) is 53.6 Å². The smallest absolute Gasteiger partial charge is 0.259 e. The molecule has 2 heterocycles. The molecule has 2 aromatic heterocycles. The lowest BCUT2D eigenvalue weighted by Gasteiger charge is -2.20. The fraction of sp³-hybridized carbons (Fsp3) is 0.154. The van der Waals surface area contributed by atoms with Gasteiger partial charge in [0, 0.05) is 30.8 Å². The predicted octanol–water partition coefficient (Wildman–Crippen LogP) is 2.80. The van der Waals surface area contributed by atoms with Gasteiger partial charge in [-0.1, -0.05) is 11.6 Å². The largest absolute Gasteiger partial charge is 0.308 e. The van der Waals surface area contributed by atoms with Crippen molar-refractivity contribution in [2.24, 2.45) is 0 Å². The summed E-state index contributed by atoms with van der Waals surface area (Å²) in [6.45, 7) is 2.49. The molecule has 0 spiro atoms. The molecule has 0 atom stereocenters. The Morgan fingerprint density at radius 3 is 2.56 bits per heavy atom. The Labute approximate surface area is 110 Å². The summed E-state index contributed by atoms with van der Waals surface area (Å²) in [6, 6.07) is 6.87. The molecule has 0 radical (unpaired) electrons. The molecule has 0 N–H and O–H groups in total. The molecule has 0 saturated carbocycles. The van der Waals surface area contributed by atoms with Gasteiger partial charge < -0.3 is 4.90 Å². The molecule has 1 amide bonds. The zero-order chi connectivity index (χ0) is 13.0. The van der Waals surface area contributed by atoms with Crippen molar-refractivity contribution in [3.63, 3.8) is 0 Å². The van der Waals surface area contributed by atoms with E-state index < -0.39 is 0 Å². The second-order valence-electron chi connectivity index (χ2n) is 3.62. The van der Waals surface area contributed by atoms with Gasteiger partial charge in [0.15, 0.2) is 0 Å². The van der Waals surface area contributed by atoms with Crippen molar-refractivity contribution < 1.29 is 4.79 Å². The summed E-state index contributed by atoms with van der Waals surface area (Å²) in [6.07, 6.45) is 4.80. The second-order valence-corrected chi connectivity index (χ2v) is 4.01. The molecule has 18 heavy (non-hydrogen) atoms. The van der Waals surface area contributed by atoms with E-state index in [1.165, 1.54) is 6.20 Å². The lowest BCUT2D eigenvalue weighted by Crippen LogP contribution is -2.30. The molecule has 92 valence electrons. The standard InChI is InChI=1S/C13H12ClN3O/c1-2-17(11-5-7-15-8-6-11)13(18)10-3-4-12(14)16-9-10/h3-9H,2H2,1H3. The van der Waals surface area contributed by atoms with Crippen LogP contribution in [0.5, 0.6) is 0 Å². The molecule has 0 aliphatic carbocycles. The van der Waals surface area contributed by atoms with Gasteiger partial charge in [-0.3, -0.25) is 9.78 Å². The molecular weight excluding hydrogens is 250 g/mol. The van der Waals surface area contributed by atoms with Crippen molar-refractivity contribution in [1.29, 1.82) is 0 Å². The summed E-state index contributed by atoms with van der Waals surface area (Å²) < 4.78 is 0. The van der Waals surface area contributed by atoms with Crippen LogP contribution in [0.1, 0.15) is 17.3 Å². The molecular formula is C13H12ClN3O. The highest BCUT2D eigenvalue weighted by Crippen LogP contribution is 2.16. The van der Waals surface area contributed by atoms with E-state index in [0.717, 1.165) is 5.69 Å². The van der Waals surface area contributed by atoms with E-state index >= 15 is 0 Å². The second kappa shape index (κ2) is 5.60. The van der Waals surface area contributed by atoms with Gasteiger partial charge >= 0.3 is 0 Å². The van der Waals surface area contributed by atoms with Crippen LogP contribution >= 0.6 is 11.6 Å². The van der Waals surface area contributed by atoms with Crippen LogP contribution < -0.4 is 4.90 Å². The van der Waals surface area contributed by atoms with Crippen LogP contribution in [-0.4, -0.2) is 22.4 Å². The van der Waals surface area contributed by atoms with E-state index in [0.29, 0.717) is 17.3 Å². The number of nitrogens with zero attached hydrogens (tertiary/aromatic N) is 3. The molecule has 4 nitrogen and oxygen atoms in total. The minimum Gasteiger partial charge on any atom is -0.308 e. The Balaban J connectivity index is 2.28. The van der Waals surface area contributed by atoms with Crippen molar-refractivity contribution >= 4 is 23.2 Å². The van der Waals surface area contributed by atoms with E-state index in [1.54, 1.807) is 41.6 Å². The minimum absolute atomic E-state index is 0.104. The Morgan fingerprint density at radius 1 is 1.28 bits per heavy atom. The van der Waals surface area contributed by atoms with Gasteiger partial charge in [-0.15, -0.1) is 0 Å². The monoisotopic (exact) mass is 261 g/mol. The van der Waals surface area contributed by atoms with Crippen molar-refractivity contribution in [1.82, 2.24) is 9.97 Å². The summed E-state index contributed by atoms with van der Waals surface area (Å²) in [4.78, 5) is 21.8. The number of rotatable bonds is 3. The molecule has 2 rings (SSSR count). The number of halogens is 1. The lowest BCUT2D eigenvalue weighted by molar-refractivity contribution is 0.0988. The average molecular weight is 262 g/mol. The lowest BCUT2D eigenvalue weighted by atomic mass is 10.2. The first-order valence-electron chi connectivity index (χ1n) is 5.56. The summed E-state index contributed by atoms with van der Waals surface area (Å²) in [5, 5.41) is 0.374. The zero-order valence-corrected chi connectivity index (χ0v) is 10.6. The fourth-order valence-corrected chi connectivity index (χ4v) is 1.74. The van der Waals surface area contributed by atoms with Gasteiger partial charge in [-0.05, 0) is 31.2 Å². The maximum atomic E-state index is 12.3. The van der Waals surface area contributed by atoms with Gasteiger partial charge in [0.25, 0.3) is 5.91 Å². The average Bonchev–Trinajstić information content (AvgIpc) is 2.41. The van der Waals surface area contributed by atoms with Crippen LogP contribution in [-0.2, 0) is 0 Å².